The maximum atomic E-state index is 12.1. The van der Waals surface area contributed by atoms with E-state index in [2.05, 4.69) is 10.3 Å². The van der Waals surface area contributed by atoms with Crippen molar-refractivity contribution in [1.82, 2.24) is 10.3 Å². The van der Waals surface area contributed by atoms with Gasteiger partial charge in [-0.2, -0.15) is 0 Å². The van der Waals surface area contributed by atoms with Crippen LogP contribution in [0.4, 0.5) is 0 Å². The quantitative estimate of drug-likeness (QED) is 0.814. The van der Waals surface area contributed by atoms with Gasteiger partial charge in [-0.05, 0) is 49.9 Å². The number of pyridine rings is 1. The van der Waals surface area contributed by atoms with E-state index in [-0.39, 0.29) is 49.4 Å². The SMILES string of the molecule is Cl.Cl.NC1CCC(NC(=O)COc2ccc(Cl)c3cccnc23)CC1. The lowest BCUT2D eigenvalue weighted by Gasteiger charge is -2.26. The Balaban J connectivity index is 0.00000156. The van der Waals surface area contributed by atoms with Crippen LogP contribution < -0.4 is 15.8 Å². The number of nitrogens with one attached hydrogen (secondary N) is 1. The minimum atomic E-state index is -0.121. The summed E-state index contributed by atoms with van der Waals surface area (Å²) in [6, 6.07) is 7.66. The van der Waals surface area contributed by atoms with Crippen LogP contribution in [0.2, 0.25) is 5.02 Å². The highest BCUT2D eigenvalue weighted by Crippen LogP contribution is 2.29. The summed E-state index contributed by atoms with van der Waals surface area (Å²) < 4.78 is 5.64. The summed E-state index contributed by atoms with van der Waals surface area (Å²) in [6.45, 7) is -0.0319. The average molecular weight is 407 g/mol. The Morgan fingerprint density at radius 2 is 1.96 bits per heavy atom. The largest absolute Gasteiger partial charge is 0.481 e. The Labute approximate surface area is 164 Å². The van der Waals surface area contributed by atoms with Crippen molar-refractivity contribution in [1.29, 1.82) is 0 Å². The van der Waals surface area contributed by atoms with Crippen LogP contribution in [0, 0.1) is 0 Å². The van der Waals surface area contributed by atoms with Crippen LogP contribution in [0.25, 0.3) is 10.9 Å². The summed E-state index contributed by atoms with van der Waals surface area (Å²) in [6.07, 6.45) is 5.45. The number of ether oxygens (including phenoxy) is 1. The highest BCUT2D eigenvalue weighted by molar-refractivity contribution is 6.35. The molecular weight excluding hydrogens is 385 g/mol. The molecule has 2 aromatic rings. The molecule has 0 aliphatic heterocycles. The number of hydrogen-bond acceptors (Lipinski definition) is 4. The van der Waals surface area contributed by atoms with Gasteiger partial charge in [0.25, 0.3) is 5.91 Å². The number of benzene rings is 1. The first-order chi connectivity index (χ1) is 11.1. The van der Waals surface area contributed by atoms with Gasteiger partial charge in [0, 0.05) is 23.7 Å². The van der Waals surface area contributed by atoms with E-state index in [1.807, 2.05) is 12.1 Å². The lowest BCUT2D eigenvalue weighted by Crippen LogP contribution is -2.42. The molecule has 1 fully saturated rings. The number of hydrogen-bond donors (Lipinski definition) is 2. The van der Waals surface area contributed by atoms with Crippen LogP contribution in [-0.2, 0) is 4.79 Å². The molecule has 0 radical (unpaired) electrons. The van der Waals surface area contributed by atoms with E-state index < -0.39 is 0 Å². The second-order valence-electron chi connectivity index (χ2n) is 5.91. The van der Waals surface area contributed by atoms with E-state index in [9.17, 15) is 4.79 Å². The van der Waals surface area contributed by atoms with Gasteiger partial charge in [-0.3, -0.25) is 9.78 Å². The van der Waals surface area contributed by atoms with Gasteiger partial charge in [0.2, 0.25) is 0 Å². The fourth-order valence-electron chi connectivity index (χ4n) is 2.90. The Bertz CT molecular complexity index is 707. The normalized spacial score (nSPS) is 19.4. The smallest absolute Gasteiger partial charge is 0.258 e. The zero-order valence-corrected chi connectivity index (χ0v) is 16.0. The Hall–Kier alpha value is -1.27. The van der Waals surface area contributed by atoms with Gasteiger partial charge in [0.1, 0.15) is 11.3 Å². The number of amides is 1. The molecule has 5 nitrogen and oxygen atoms in total. The predicted molar refractivity (Wildman–Crippen MR) is 105 cm³/mol. The molecule has 0 atom stereocenters. The minimum Gasteiger partial charge on any atom is -0.481 e. The number of halogens is 3. The van der Waals surface area contributed by atoms with Crippen molar-refractivity contribution in [2.24, 2.45) is 5.73 Å². The van der Waals surface area contributed by atoms with Crippen molar-refractivity contribution < 1.29 is 9.53 Å². The first kappa shape index (κ1) is 21.8. The third kappa shape index (κ3) is 5.61. The van der Waals surface area contributed by atoms with Gasteiger partial charge >= 0.3 is 0 Å². The van der Waals surface area contributed by atoms with Crippen LogP contribution in [0.1, 0.15) is 25.7 Å². The van der Waals surface area contributed by atoms with Crippen LogP contribution in [-0.4, -0.2) is 29.6 Å². The van der Waals surface area contributed by atoms with E-state index in [0.717, 1.165) is 31.1 Å². The number of aromatic nitrogens is 1. The molecule has 0 bridgehead atoms. The van der Waals surface area contributed by atoms with Gasteiger partial charge in [-0.15, -0.1) is 24.8 Å². The molecule has 138 valence electrons. The minimum absolute atomic E-state index is 0. The van der Waals surface area contributed by atoms with Gasteiger partial charge in [-0.25, -0.2) is 0 Å². The Kier molecular flexibility index (Phi) is 8.73. The van der Waals surface area contributed by atoms with Crippen molar-refractivity contribution in [3.8, 4) is 5.75 Å². The average Bonchev–Trinajstić information content (AvgIpc) is 2.57. The summed E-state index contributed by atoms with van der Waals surface area (Å²) in [5.41, 5.74) is 6.54. The van der Waals surface area contributed by atoms with Crippen molar-refractivity contribution in [2.75, 3.05) is 6.61 Å². The standard InChI is InChI=1S/C17H20ClN3O2.2ClH/c18-14-7-8-15(17-13(14)2-1-9-20-17)23-10-16(22)21-12-5-3-11(19)4-6-12;;/h1-2,7-9,11-12H,3-6,10,19H2,(H,21,22);2*1H. The molecule has 1 heterocycles. The second kappa shape index (κ2) is 10.0. The summed E-state index contributed by atoms with van der Waals surface area (Å²) in [5, 5.41) is 4.43. The number of nitrogens with zero attached hydrogens (tertiary/aromatic N) is 1. The number of carbonyl (C=O) groups excluding carboxylic acids is 1. The van der Waals surface area contributed by atoms with E-state index in [1.165, 1.54) is 0 Å². The molecule has 1 aromatic carbocycles. The lowest BCUT2D eigenvalue weighted by atomic mass is 9.92. The highest BCUT2D eigenvalue weighted by Gasteiger charge is 2.20. The molecule has 3 N–H and O–H groups in total. The summed E-state index contributed by atoms with van der Waals surface area (Å²) in [4.78, 5) is 16.3. The topological polar surface area (TPSA) is 77.2 Å². The molecule has 1 aliphatic carbocycles. The lowest BCUT2D eigenvalue weighted by molar-refractivity contribution is -0.124. The highest BCUT2D eigenvalue weighted by atomic mass is 35.5. The fourth-order valence-corrected chi connectivity index (χ4v) is 3.12. The van der Waals surface area contributed by atoms with Crippen LogP contribution in [0.5, 0.6) is 5.75 Å². The second-order valence-corrected chi connectivity index (χ2v) is 6.32. The predicted octanol–water partition coefficient (Wildman–Crippen LogP) is 3.50. The van der Waals surface area contributed by atoms with Crippen LogP contribution in [0.15, 0.2) is 30.5 Å². The van der Waals surface area contributed by atoms with Gasteiger partial charge in [0.05, 0.1) is 5.02 Å². The zero-order valence-electron chi connectivity index (χ0n) is 13.6. The molecule has 1 aliphatic rings. The molecule has 8 heteroatoms. The maximum absolute atomic E-state index is 12.1. The van der Waals surface area contributed by atoms with Crippen LogP contribution in [0.3, 0.4) is 0 Å². The molecule has 25 heavy (non-hydrogen) atoms. The molecule has 1 aromatic heterocycles. The molecule has 1 saturated carbocycles. The monoisotopic (exact) mass is 405 g/mol. The molecule has 1 amide bonds. The zero-order chi connectivity index (χ0) is 16.2. The van der Waals surface area contributed by atoms with Crippen molar-refractivity contribution >= 4 is 53.2 Å². The summed E-state index contributed by atoms with van der Waals surface area (Å²) in [7, 11) is 0. The number of rotatable bonds is 4. The molecule has 0 spiro atoms. The number of nitrogens with two attached hydrogens (primary N) is 1. The van der Waals surface area contributed by atoms with Gasteiger partial charge in [-0.1, -0.05) is 11.6 Å². The van der Waals surface area contributed by atoms with Crippen LogP contribution >= 0.6 is 36.4 Å². The summed E-state index contributed by atoms with van der Waals surface area (Å²) >= 11 is 6.15. The third-order valence-electron chi connectivity index (χ3n) is 4.18. The van der Waals surface area contributed by atoms with Crippen molar-refractivity contribution in [3.05, 3.63) is 35.5 Å². The third-order valence-corrected chi connectivity index (χ3v) is 4.50. The van der Waals surface area contributed by atoms with Gasteiger partial charge in [0.15, 0.2) is 6.61 Å². The maximum Gasteiger partial charge on any atom is 0.258 e. The number of fused-ring (bicyclic) bond motifs is 1. The van der Waals surface area contributed by atoms with E-state index >= 15 is 0 Å². The number of carbonyl (C=O) groups is 1. The molecule has 0 saturated heterocycles. The van der Waals surface area contributed by atoms with E-state index in [0.29, 0.717) is 16.3 Å². The fraction of sp³-hybridized carbons (Fsp3) is 0.412. The van der Waals surface area contributed by atoms with E-state index in [1.54, 1.807) is 18.3 Å². The Morgan fingerprint density at radius 1 is 1.24 bits per heavy atom. The Morgan fingerprint density at radius 3 is 2.68 bits per heavy atom. The first-order valence-electron chi connectivity index (χ1n) is 7.84. The summed E-state index contributed by atoms with van der Waals surface area (Å²) in [5.74, 6) is 0.440. The van der Waals surface area contributed by atoms with Gasteiger partial charge < -0.3 is 15.8 Å². The van der Waals surface area contributed by atoms with Crippen molar-refractivity contribution in [3.63, 3.8) is 0 Å². The molecule has 0 unspecified atom stereocenters. The molecular formula is C17H22Cl3N3O2. The van der Waals surface area contributed by atoms with Crippen molar-refractivity contribution in [2.45, 2.75) is 37.8 Å². The first-order valence-corrected chi connectivity index (χ1v) is 8.22. The van der Waals surface area contributed by atoms with E-state index in [4.69, 9.17) is 22.1 Å². The molecule has 3 rings (SSSR count).